The van der Waals surface area contributed by atoms with Crippen LogP contribution in [0, 0.1) is 22.7 Å². The molecule has 4 aliphatic carbocycles. The molecular weight excluding hydrogens is 396 g/mol. The Morgan fingerprint density at radius 3 is 2.28 bits per heavy atom. The molecule has 6 rings (SSSR count). The van der Waals surface area contributed by atoms with Crippen LogP contribution >= 0.6 is 23.8 Å². The van der Waals surface area contributed by atoms with Crippen LogP contribution in [0.3, 0.4) is 0 Å². The SMILES string of the molecule is CC1(Cl)C2CC3(C(=S)N4CC[C@H](N)C(C)(C)C4)CC1CC(c1ccccc1)(C2)C3. The van der Waals surface area contributed by atoms with Crippen LogP contribution in [0.1, 0.15) is 64.9 Å². The number of alkyl halides is 1. The minimum Gasteiger partial charge on any atom is -0.365 e. The van der Waals surface area contributed by atoms with Gasteiger partial charge in [0.25, 0.3) is 0 Å². The zero-order valence-corrected chi connectivity index (χ0v) is 19.7. The number of halogens is 1. The van der Waals surface area contributed by atoms with Crippen LogP contribution in [0.4, 0.5) is 0 Å². The lowest BCUT2D eigenvalue weighted by Crippen LogP contribution is -2.66. The van der Waals surface area contributed by atoms with Crippen molar-refractivity contribution in [3.05, 3.63) is 35.9 Å². The Bertz CT molecular complexity index is 799. The second-order valence-corrected chi connectivity index (χ2v) is 12.8. The lowest BCUT2D eigenvalue weighted by Gasteiger charge is -2.68. The molecular formula is C25H35ClN2S. The van der Waals surface area contributed by atoms with Gasteiger partial charge in [-0.3, -0.25) is 0 Å². The van der Waals surface area contributed by atoms with Crippen molar-refractivity contribution in [2.45, 2.75) is 75.6 Å². The van der Waals surface area contributed by atoms with E-state index in [0.29, 0.717) is 11.8 Å². The van der Waals surface area contributed by atoms with E-state index in [1.807, 2.05) is 0 Å². The third-order valence-corrected chi connectivity index (χ3v) is 10.6. The average Bonchev–Trinajstić information content (AvgIpc) is 2.68. The third kappa shape index (κ3) is 2.94. The largest absolute Gasteiger partial charge is 0.365 e. The molecule has 3 atom stereocenters. The molecule has 0 spiro atoms. The van der Waals surface area contributed by atoms with Gasteiger partial charge in [-0.25, -0.2) is 0 Å². The van der Waals surface area contributed by atoms with Gasteiger partial charge in [0.1, 0.15) is 0 Å². The van der Waals surface area contributed by atoms with Gasteiger partial charge in [-0.2, -0.15) is 0 Å². The lowest BCUT2D eigenvalue weighted by atomic mass is 9.40. The molecule has 29 heavy (non-hydrogen) atoms. The van der Waals surface area contributed by atoms with Gasteiger partial charge in [-0.15, -0.1) is 11.6 Å². The van der Waals surface area contributed by atoms with E-state index in [0.717, 1.165) is 19.5 Å². The second kappa shape index (κ2) is 6.43. The molecule has 2 N–H and O–H groups in total. The highest BCUT2D eigenvalue weighted by Crippen LogP contribution is 2.70. The molecule has 0 aromatic heterocycles. The van der Waals surface area contributed by atoms with E-state index < -0.39 is 0 Å². The van der Waals surface area contributed by atoms with Crippen molar-refractivity contribution < 1.29 is 0 Å². The predicted molar refractivity (Wildman–Crippen MR) is 125 cm³/mol. The normalized spacial score (nSPS) is 45.4. The van der Waals surface area contributed by atoms with Crippen molar-refractivity contribution in [3.8, 4) is 0 Å². The zero-order chi connectivity index (χ0) is 20.7. The topological polar surface area (TPSA) is 29.3 Å². The molecule has 4 saturated carbocycles. The van der Waals surface area contributed by atoms with E-state index in [2.05, 4.69) is 56.0 Å². The first kappa shape index (κ1) is 20.3. The fourth-order valence-corrected chi connectivity index (χ4v) is 8.23. The van der Waals surface area contributed by atoms with Gasteiger partial charge < -0.3 is 10.6 Å². The highest BCUT2D eigenvalue weighted by molar-refractivity contribution is 7.80. The molecule has 5 fully saturated rings. The molecule has 1 heterocycles. The highest BCUT2D eigenvalue weighted by Gasteiger charge is 2.66. The van der Waals surface area contributed by atoms with Crippen LogP contribution < -0.4 is 5.73 Å². The van der Waals surface area contributed by atoms with Crippen LogP contribution in [0.15, 0.2) is 30.3 Å². The molecule has 1 saturated heterocycles. The summed E-state index contributed by atoms with van der Waals surface area (Å²) in [5.41, 5.74) is 8.42. The van der Waals surface area contributed by atoms with E-state index in [-0.39, 0.29) is 27.2 Å². The van der Waals surface area contributed by atoms with Gasteiger partial charge >= 0.3 is 0 Å². The third-order valence-electron chi connectivity index (χ3n) is 9.26. The molecule has 0 amide bonds. The Kier molecular flexibility index (Phi) is 4.50. The first-order chi connectivity index (χ1) is 13.6. The van der Waals surface area contributed by atoms with Crippen LogP contribution in [-0.2, 0) is 5.41 Å². The van der Waals surface area contributed by atoms with Crippen LogP contribution in [0.5, 0.6) is 0 Å². The predicted octanol–water partition coefficient (Wildman–Crippen LogP) is 5.52. The first-order valence-electron chi connectivity index (χ1n) is 11.4. The van der Waals surface area contributed by atoms with E-state index in [9.17, 15) is 0 Å². The Morgan fingerprint density at radius 2 is 1.69 bits per heavy atom. The summed E-state index contributed by atoms with van der Waals surface area (Å²) >= 11 is 13.5. The maximum absolute atomic E-state index is 7.22. The number of thiocarbonyl (C=S) groups is 1. The maximum atomic E-state index is 7.22. The molecule has 2 unspecified atom stereocenters. The van der Waals surface area contributed by atoms with Crippen molar-refractivity contribution in [2.24, 2.45) is 28.4 Å². The number of rotatable bonds is 2. The van der Waals surface area contributed by atoms with Crippen molar-refractivity contribution in [3.63, 3.8) is 0 Å². The van der Waals surface area contributed by atoms with Gasteiger partial charge in [0, 0.05) is 29.4 Å². The molecule has 158 valence electrons. The van der Waals surface area contributed by atoms with Crippen LogP contribution in [-0.4, -0.2) is 33.9 Å². The maximum Gasteiger partial charge on any atom is 0.0842 e. The van der Waals surface area contributed by atoms with Crippen molar-refractivity contribution in [2.75, 3.05) is 13.1 Å². The average molecular weight is 431 g/mol. The summed E-state index contributed by atoms with van der Waals surface area (Å²) in [4.78, 5) is 3.66. The first-order valence-corrected chi connectivity index (χ1v) is 12.2. The number of piperidine rings is 1. The summed E-state index contributed by atoms with van der Waals surface area (Å²) in [5, 5.41) is 0. The highest BCUT2D eigenvalue weighted by atomic mass is 35.5. The number of hydrogen-bond acceptors (Lipinski definition) is 2. The molecule has 2 nitrogen and oxygen atoms in total. The summed E-state index contributed by atoms with van der Waals surface area (Å²) in [5.74, 6) is 1.09. The smallest absolute Gasteiger partial charge is 0.0842 e. The fraction of sp³-hybridized carbons (Fsp3) is 0.720. The summed E-state index contributed by atoms with van der Waals surface area (Å²) in [7, 11) is 0. The second-order valence-electron chi connectivity index (χ2n) is 11.6. The Hall–Kier alpha value is -0.640. The van der Waals surface area contributed by atoms with E-state index in [4.69, 9.17) is 29.6 Å². The van der Waals surface area contributed by atoms with Crippen LogP contribution in [0.25, 0.3) is 0 Å². The van der Waals surface area contributed by atoms with Crippen molar-refractivity contribution in [1.29, 1.82) is 0 Å². The van der Waals surface area contributed by atoms with Gasteiger partial charge in [0.15, 0.2) is 0 Å². The van der Waals surface area contributed by atoms with Crippen molar-refractivity contribution >= 4 is 28.8 Å². The number of benzene rings is 1. The Labute approximate surface area is 186 Å². The standard InChI is InChI=1S/C25H35ClN2S/c1-22(2)16-28(10-9-20(22)27)21(29)25-13-18-11-24(15-25,17-7-5-4-6-8-17)12-19(14-25)23(18,3)26/h4-8,18-20H,9-16,27H2,1-3H3/t18?,19?,20-,23?,24?,25?/m0/s1. The Morgan fingerprint density at radius 1 is 1.07 bits per heavy atom. The minimum absolute atomic E-state index is 0.0820. The Balaban J connectivity index is 1.51. The van der Waals surface area contributed by atoms with Gasteiger partial charge in [-0.05, 0) is 73.7 Å². The van der Waals surface area contributed by atoms with E-state index >= 15 is 0 Å². The molecule has 4 bridgehead atoms. The number of likely N-dealkylation sites (tertiary alicyclic amines) is 1. The quantitative estimate of drug-likeness (QED) is 0.494. The summed E-state index contributed by atoms with van der Waals surface area (Å²) < 4.78 is 0. The molecule has 0 radical (unpaired) electrons. The molecule has 1 aliphatic heterocycles. The number of hydrogen-bond donors (Lipinski definition) is 1. The summed E-state index contributed by atoms with van der Waals surface area (Å²) in [6, 6.07) is 11.5. The monoisotopic (exact) mass is 430 g/mol. The lowest BCUT2D eigenvalue weighted by molar-refractivity contribution is -0.0662. The zero-order valence-electron chi connectivity index (χ0n) is 18.1. The molecule has 1 aromatic carbocycles. The summed E-state index contributed by atoms with van der Waals surface area (Å²) in [6.45, 7) is 8.90. The van der Waals surface area contributed by atoms with Gasteiger partial charge in [-0.1, -0.05) is 56.4 Å². The molecule has 1 aromatic rings. The van der Waals surface area contributed by atoms with Gasteiger partial charge in [0.05, 0.1) is 4.99 Å². The van der Waals surface area contributed by atoms with Crippen LogP contribution in [0.2, 0.25) is 0 Å². The minimum atomic E-state index is -0.0820. The number of nitrogens with zero attached hydrogens (tertiary/aromatic N) is 1. The number of nitrogens with two attached hydrogens (primary N) is 1. The van der Waals surface area contributed by atoms with Gasteiger partial charge in [0.2, 0.25) is 0 Å². The van der Waals surface area contributed by atoms with Crippen molar-refractivity contribution in [1.82, 2.24) is 4.90 Å². The molecule has 5 aliphatic rings. The van der Waals surface area contributed by atoms with E-state index in [1.165, 1.54) is 42.7 Å². The fourth-order valence-electron chi connectivity index (χ4n) is 7.53. The summed E-state index contributed by atoms with van der Waals surface area (Å²) in [6.07, 6.45) is 7.00. The molecule has 4 heteroatoms. The van der Waals surface area contributed by atoms with E-state index in [1.54, 1.807) is 0 Å².